The third-order valence-electron chi connectivity index (χ3n) is 0.661. The van der Waals surface area contributed by atoms with E-state index < -0.39 is 4.92 Å². The number of hydrogen-bond donors (Lipinski definition) is 0. The molecule has 0 saturated heterocycles. The SMILES string of the molecule is C/C(=C/CCl)[N+](=O)[O-]. The Hall–Kier alpha value is -0.570. The zero-order chi connectivity index (χ0) is 6.57. The van der Waals surface area contributed by atoms with Crippen LogP contribution in [0.2, 0.25) is 0 Å². The minimum atomic E-state index is -0.470. The highest BCUT2D eigenvalue weighted by atomic mass is 35.5. The van der Waals surface area contributed by atoms with Gasteiger partial charge in [0.1, 0.15) is 0 Å². The number of nitro groups is 1. The molecular formula is C4H6ClNO2. The summed E-state index contributed by atoms with van der Waals surface area (Å²) in [4.78, 5) is 9.30. The fraction of sp³-hybridized carbons (Fsp3) is 0.500. The Labute approximate surface area is 52.1 Å². The van der Waals surface area contributed by atoms with Gasteiger partial charge in [-0.3, -0.25) is 10.1 Å². The molecular weight excluding hydrogens is 130 g/mol. The highest BCUT2D eigenvalue weighted by Gasteiger charge is 1.97. The summed E-state index contributed by atoms with van der Waals surface area (Å²) in [7, 11) is 0. The Morgan fingerprint density at radius 1 is 2.00 bits per heavy atom. The van der Waals surface area contributed by atoms with Gasteiger partial charge in [-0.15, -0.1) is 11.6 Å². The molecule has 0 aliphatic rings. The minimum absolute atomic E-state index is 0.0972. The van der Waals surface area contributed by atoms with Crippen molar-refractivity contribution in [2.75, 3.05) is 5.88 Å². The van der Waals surface area contributed by atoms with Crippen molar-refractivity contribution in [3.63, 3.8) is 0 Å². The molecule has 0 aliphatic carbocycles. The third-order valence-corrected chi connectivity index (χ3v) is 0.815. The summed E-state index contributed by atoms with van der Waals surface area (Å²) in [6, 6.07) is 0. The van der Waals surface area contributed by atoms with E-state index in [-0.39, 0.29) is 11.6 Å². The summed E-state index contributed by atoms with van der Waals surface area (Å²) in [5, 5.41) is 9.77. The molecule has 0 heterocycles. The molecule has 0 saturated carbocycles. The van der Waals surface area contributed by atoms with Crippen LogP contribution in [0.1, 0.15) is 6.92 Å². The van der Waals surface area contributed by atoms with Crippen molar-refractivity contribution in [3.05, 3.63) is 21.9 Å². The fourth-order valence-corrected chi connectivity index (χ4v) is 0.410. The highest BCUT2D eigenvalue weighted by Crippen LogP contribution is 1.92. The van der Waals surface area contributed by atoms with Crippen LogP contribution in [0.3, 0.4) is 0 Å². The van der Waals surface area contributed by atoms with Gasteiger partial charge < -0.3 is 0 Å². The summed E-state index contributed by atoms with van der Waals surface area (Å²) < 4.78 is 0. The molecule has 0 bridgehead atoms. The maximum absolute atomic E-state index is 9.77. The molecule has 0 unspecified atom stereocenters. The van der Waals surface area contributed by atoms with Gasteiger partial charge in [0, 0.05) is 18.9 Å². The largest absolute Gasteiger partial charge is 0.259 e. The molecule has 0 atom stereocenters. The number of allylic oxidation sites excluding steroid dienone is 2. The predicted molar refractivity (Wildman–Crippen MR) is 31.5 cm³/mol. The zero-order valence-electron chi connectivity index (χ0n) is 4.43. The topological polar surface area (TPSA) is 43.1 Å². The van der Waals surface area contributed by atoms with Crippen LogP contribution in [0.25, 0.3) is 0 Å². The van der Waals surface area contributed by atoms with Crippen molar-refractivity contribution >= 4 is 11.6 Å². The molecule has 46 valence electrons. The fourth-order valence-electron chi connectivity index (χ4n) is 0.186. The normalized spacial score (nSPS) is 11.5. The van der Waals surface area contributed by atoms with Crippen LogP contribution in [0, 0.1) is 10.1 Å². The first-order valence-corrected chi connectivity index (χ1v) is 2.59. The van der Waals surface area contributed by atoms with Crippen molar-refractivity contribution in [2.24, 2.45) is 0 Å². The van der Waals surface area contributed by atoms with Crippen LogP contribution in [0.5, 0.6) is 0 Å². The number of rotatable bonds is 2. The van der Waals surface area contributed by atoms with E-state index in [0.29, 0.717) is 0 Å². The highest BCUT2D eigenvalue weighted by molar-refractivity contribution is 6.18. The standard InChI is InChI=1S/C4H6ClNO2/c1-4(2-3-5)6(7)8/h2H,3H2,1H3/b4-2-. The Balaban J connectivity index is 3.80. The Bertz CT molecular complexity index is 121. The summed E-state index contributed by atoms with van der Waals surface area (Å²) in [5.41, 5.74) is 0.0972. The second-order valence-electron chi connectivity index (χ2n) is 1.26. The van der Waals surface area contributed by atoms with Gasteiger partial charge in [0.05, 0.1) is 4.92 Å². The molecule has 0 N–H and O–H groups in total. The van der Waals surface area contributed by atoms with Gasteiger partial charge in [-0.1, -0.05) is 0 Å². The first-order valence-electron chi connectivity index (χ1n) is 2.05. The number of nitrogens with zero attached hydrogens (tertiary/aromatic N) is 1. The number of alkyl halides is 1. The molecule has 0 aliphatic heterocycles. The second kappa shape index (κ2) is 3.43. The molecule has 0 fully saturated rings. The smallest absolute Gasteiger partial charge is 0.240 e. The van der Waals surface area contributed by atoms with Crippen LogP contribution in [-0.2, 0) is 0 Å². The average Bonchev–Trinajstić information content (AvgIpc) is 1.67. The van der Waals surface area contributed by atoms with Crippen molar-refractivity contribution in [1.29, 1.82) is 0 Å². The van der Waals surface area contributed by atoms with E-state index in [9.17, 15) is 10.1 Å². The van der Waals surface area contributed by atoms with E-state index in [1.54, 1.807) is 0 Å². The van der Waals surface area contributed by atoms with Crippen molar-refractivity contribution in [3.8, 4) is 0 Å². The first kappa shape index (κ1) is 7.43. The van der Waals surface area contributed by atoms with Gasteiger partial charge in [0.15, 0.2) is 0 Å². The number of halogens is 1. The lowest BCUT2D eigenvalue weighted by molar-refractivity contribution is -0.424. The van der Waals surface area contributed by atoms with Crippen LogP contribution >= 0.6 is 11.6 Å². The van der Waals surface area contributed by atoms with Crippen molar-refractivity contribution in [1.82, 2.24) is 0 Å². The van der Waals surface area contributed by atoms with Crippen LogP contribution in [-0.4, -0.2) is 10.8 Å². The monoisotopic (exact) mass is 135 g/mol. The van der Waals surface area contributed by atoms with E-state index in [4.69, 9.17) is 11.6 Å². The average molecular weight is 136 g/mol. The van der Waals surface area contributed by atoms with E-state index >= 15 is 0 Å². The maximum atomic E-state index is 9.77. The third kappa shape index (κ3) is 2.58. The van der Waals surface area contributed by atoms with E-state index in [0.717, 1.165) is 0 Å². The molecule has 0 spiro atoms. The Morgan fingerprint density at radius 2 is 2.50 bits per heavy atom. The van der Waals surface area contributed by atoms with Crippen LogP contribution in [0.4, 0.5) is 0 Å². The van der Waals surface area contributed by atoms with E-state index in [1.165, 1.54) is 13.0 Å². The number of hydrogen-bond acceptors (Lipinski definition) is 2. The van der Waals surface area contributed by atoms with Crippen LogP contribution in [0.15, 0.2) is 11.8 Å². The lowest BCUT2D eigenvalue weighted by atomic mass is 10.5. The van der Waals surface area contributed by atoms with Crippen LogP contribution < -0.4 is 0 Å². The Morgan fingerprint density at radius 3 is 2.62 bits per heavy atom. The van der Waals surface area contributed by atoms with Crippen molar-refractivity contribution < 1.29 is 4.92 Å². The quantitative estimate of drug-likeness (QED) is 0.326. The first-order chi connectivity index (χ1) is 3.68. The molecule has 4 heteroatoms. The summed E-state index contributed by atoms with van der Waals surface area (Å²) in [6.45, 7) is 1.41. The van der Waals surface area contributed by atoms with Gasteiger partial charge in [0.2, 0.25) is 5.70 Å². The lowest BCUT2D eigenvalue weighted by Gasteiger charge is -1.83. The van der Waals surface area contributed by atoms with Gasteiger partial charge >= 0.3 is 0 Å². The van der Waals surface area contributed by atoms with Gasteiger partial charge in [-0.25, -0.2) is 0 Å². The molecule has 8 heavy (non-hydrogen) atoms. The van der Waals surface area contributed by atoms with Gasteiger partial charge in [0.25, 0.3) is 0 Å². The molecule has 0 aromatic rings. The molecule has 0 radical (unpaired) electrons. The summed E-state index contributed by atoms with van der Waals surface area (Å²) >= 11 is 5.16. The minimum Gasteiger partial charge on any atom is -0.259 e. The molecule has 0 rings (SSSR count). The summed E-state index contributed by atoms with van der Waals surface area (Å²) in [6.07, 6.45) is 1.35. The van der Waals surface area contributed by atoms with E-state index in [1.807, 2.05) is 0 Å². The predicted octanol–water partition coefficient (Wildman–Crippen LogP) is 1.41. The molecule has 0 amide bonds. The maximum Gasteiger partial charge on any atom is 0.240 e. The molecule has 3 nitrogen and oxygen atoms in total. The Kier molecular flexibility index (Phi) is 3.19. The second-order valence-corrected chi connectivity index (χ2v) is 1.57. The van der Waals surface area contributed by atoms with Gasteiger partial charge in [-0.05, 0) is 0 Å². The molecule has 0 aromatic heterocycles. The van der Waals surface area contributed by atoms with Crippen molar-refractivity contribution in [2.45, 2.75) is 6.92 Å². The molecule has 0 aromatic carbocycles. The lowest BCUT2D eigenvalue weighted by Crippen LogP contribution is -1.92. The van der Waals surface area contributed by atoms with E-state index in [2.05, 4.69) is 0 Å². The van der Waals surface area contributed by atoms with Gasteiger partial charge in [-0.2, -0.15) is 0 Å². The zero-order valence-corrected chi connectivity index (χ0v) is 5.18. The summed E-state index contributed by atoms with van der Waals surface area (Å²) in [5.74, 6) is 0.201.